The number of rotatable bonds is 5. The number of methoxy groups -OCH3 is 2. The van der Waals surface area contributed by atoms with E-state index >= 15 is 0 Å². The number of aliphatic imine (C=N–C) groups is 1. The van der Waals surface area contributed by atoms with E-state index in [0.717, 1.165) is 5.56 Å². The highest BCUT2D eigenvalue weighted by atomic mass is 35.5. The topological polar surface area (TPSA) is 64.0 Å². The van der Waals surface area contributed by atoms with E-state index in [2.05, 4.69) is 9.98 Å². The zero-order valence-electron chi connectivity index (χ0n) is 15.6. The van der Waals surface area contributed by atoms with E-state index in [1.54, 1.807) is 44.7 Å². The first kappa shape index (κ1) is 19.2. The van der Waals surface area contributed by atoms with Crippen molar-refractivity contribution < 1.29 is 14.3 Å². The van der Waals surface area contributed by atoms with Crippen molar-refractivity contribution in [1.29, 1.82) is 0 Å². The summed E-state index contributed by atoms with van der Waals surface area (Å²) in [5.41, 5.74) is 1.70. The van der Waals surface area contributed by atoms with Crippen LogP contribution >= 0.6 is 22.9 Å². The van der Waals surface area contributed by atoms with Crippen molar-refractivity contribution >= 4 is 45.9 Å². The number of nitrogens with zero attached hydrogens (tertiary/aromatic N) is 3. The van der Waals surface area contributed by atoms with Gasteiger partial charge in [0.05, 0.1) is 19.2 Å². The Balaban J connectivity index is 1.81. The summed E-state index contributed by atoms with van der Waals surface area (Å²) in [5.74, 6) is 1.35. The molecule has 1 aromatic heterocycles. The number of hydrogen-bond donors (Lipinski definition) is 0. The Morgan fingerprint density at radius 3 is 2.59 bits per heavy atom. The predicted octanol–water partition coefficient (Wildman–Crippen LogP) is 4.65. The molecule has 0 bridgehead atoms. The lowest BCUT2D eigenvalue weighted by atomic mass is 10.1. The highest BCUT2D eigenvalue weighted by molar-refractivity contribution is 7.14. The first-order valence-electron chi connectivity index (χ1n) is 8.63. The van der Waals surface area contributed by atoms with Crippen LogP contribution in [-0.2, 0) is 4.79 Å². The van der Waals surface area contributed by atoms with Crippen molar-refractivity contribution in [3.8, 4) is 11.5 Å². The zero-order valence-corrected chi connectivity index (χ0v) is 17.2. The van der Waals surface area contributed by atoms with E-state index in [1.165, 1.54) is 16.2 Å². The number of carbonyl (C=O) groups is 1. The molecule has 3 aromatic rings. The number of ether oxygens (including phenoxy) is 2. The molecule has 0 radical (unpaired) electrons. The zero-order chi connectivity index (χ0) is 20.4. The number of aromatic nitrogens is 1. The van der Waals surface area contributed by atoms with Gasteiger partial charge in [-0.05, 0) is 35.9 Å². The lowest BCUT2D eigenvalue weighted by Crippen LogP contribution is -2.32. The number of amides is 1. The van der Waals surface area contributed by atoms with E-state index in [-0.39, 0.29) is 11.6 Å². The van der Waals surface area contributed by atoms with Gasteiger partial charge in [0.1, 0.15) is 5.70 Å². The van der Waals surface area contributed by atoms with Gasteiger partial charge in [-0.15, -0.1) is 11.3 Å². The third-order valence-corrected chi connectivity index (χ3v) is 5.38. The van der Waals surface area contributed by atoms with Crippen LogP contribution in [-0.4, -0.2) is 30.9 Å². The van der Waals surface area contributed by atoms with Gasteiger partial charge in [-0.25, -0.2) is 14.9 Å². The second-order valence-electron chi connectivity index (χ2n) is 6.01. The minimum absolute atomic E-state index is 0.273. The van der Waals surface area contributed by atoms with Crippen molar-refractivity contribution in [2.75, 3.05) is 19.1 Å². The molecule has 0 fully saturated rings. The molecule has 0 saturated heterocycles. The van der Waals surface area contributed by atoms with Crippen molar-refractivity contribution in [2.24, 2.45) is 4.99 Å². The van der Waals surface area contributed by atoms with Crippen LogP contribution in [0.4, 0.5) is 5.13 Å². The molecule has 0 unspecified atom stereocenters. The highest BCUT2D eigenvalue weighted by Gasteiger charge is 2.34. The van der Waals surface area contributed by atoms with E-state index in [4.69, 9.17) is 21.1 Å². The molecule has 0 aliphatic carbocycles. The van der Waals surface area contributed by atoms with Crippen LogP contribution in [0.25, 0.3) is 6.08 Å². The minimum atomic E-state index is -0.273. The van der Waals surface area contributed by atoms with Gasteiger partial charge in [0.15, 0.2) is 22.5 Å². The predicted molar refractivity (Wildman–Crippen MR) is 115 cm³/mol. The standard InChI is InChI=1S/C21H16ClN3O3S/c1-27-17-8-7-13(12-18(17)28-2)11-16-20(26)25(21-23-9-10-29-21)19(24-16)14-5-3-4-6-15(14)22/h3-12H,1-2H3. The Labute approximate surface area is 176 Å². The second kappa shape index (κ2) is 8.06. The van der Waals surface area contributed by atoms with Crippen molar-refractivity contribution in [3.63, 3.8) is 0 Å². The average molecular weight is 426 g/mol. The molecular formula is C21H16ClN3O3S. The molecule has 2 heterocycles. The molecule has 0 N–H and O–H groups in total. The fourth-order valence-electron chi connectivity index (χ4n) is 2.94. The van der Waals surface area contributed by atoms with Crippen LogP contribution in [0.2, 0.25) is 5.02 Å². The van der Waals surface area contributed by atoms with E-state index in [0.29, 0.717) is 33.1 Å². The van der Waals surface area contributed by atoms with Crippen molar-refractivity contribution in [3.05, 3.63) is 75.9 Å². The van der Waals surface area contributed by atoms with E-state index < -0.39 is 0 Å². The summed E-state index contributed by atoms with van der Waals surface area (Å²) >= 11 is 7.73. The summed E-state index contributed by atoms with van der Waals surface area (Å²) in [4.78, 5) is 23.6. The first-order chi connectivity index (χ1) is 14.1. The molecule has 6 nitrogen and oxygen atoms in total. The SMILES string of the molecule is COc1ccc(C=C2N=C(c3ccccc3Cl)N(c3nccs3)C2=O)cc1OC. The monoisotopic (exact) mass is 425 g/mol. The fraction of sp³-hybridized carbons (Fsp3) is 0.0952. The smallest absolute Gasteiger partial charge is 0.284 e. The molecule has 0 atom stereocenters. The molecule has 0 saturated carbocycles. The minimum Gasteiger partial charge on any atom is -0.493 e. The lowest BCUT2D eigenvalue weighted by Gasteiger charge is -2.15. The maximum atomic E-state index is 13.2. The van der Waals surface area contributed by atoms with Gasteiger partial charge in [0.25, 0.3) is 5.91 Å². The van der Waals surface area contributed by atoms with Gasteiger partial charge in [-0.1, -0.05) is 29.8 Å². The van der Waals surface area contributed by atoms with E-state index in [1.807, 2.05) is 29.6 Å². The largest absolute Gasteiger partial charge is 0.493 e. The van der Waals surface area contributed by atoms with Gasteiger partial charge in [-0.2, -0.15) is 0 Å². The van der Waals surface area contributed by atoms with Gasteiger partial charge in [0.2, 0.25) is 0 Å². The molecule has 1 aliphatic rings. The summed E-state index contributed by atoms with van der Waals surface area (Å²) in [7, 11) is 3.13. The Kier molecular flexibility index (Phi) is 5.33. The number of halogens is 1. The normalized spacial score (nSPS) is 15.0. The number of benzene rings is 2. The maximum absolute atomic E-state index is 13.2. The van der Waals surface area contributed by atoms with Crippen LogP contribution in [0.5, 0.6) is 11.5 Å². The molecule has 29 heavy (non-hydrogen) atoms. The summed E-state index contributed by atoms with van der Waals surface area (Å²) in [6.07, 6.45) is 3.35. The molecule has 2 aromatic carbocycles. The number of anilines is 1. The molecule has 8 heteroatoms. The summed E-state index contributed by atoms with van der Waals surface area (Å²) in [5, 5.41) is 2.85. The number of hydrogen-bond acceptors (Lipinski definition) is 6. The van der Waals surface area contributed by atoms with Crippen LogP contribution < -0.4 is 14.4 Å². The Hall–Kier alpha value is -3.16. The fourth-order valence-corrected chi connectivity index (χ4v) is 3.80. The Morgan fingerprint density at radius 2 is 1.90 bits per heavy atom. The summed E-state index contributed by atoms with van der Waals surface area (Å²) < 4.78 is 10.6. The van der Waals surface area contributed by atoms with Crippen LogP contribution in [0, 0.1) is 0 Å². The third-order valence-electron chi connectivity index (χ3n) is 4.30. The number of thiazole rings is 1. The molecule has 1 amide bonds. The summed E-state index contributed by atoms with van der Waals surface area (Å²) in [6.45, 7) is 0. The van der Waals surface area contributed by atoms with Gasteiger partial charge in [-0.3, -0.25) is 4.79 Å². The van der Waals surface area contributed by atoms with Gasteiger partial charge < -0.3 is 9.47 Å². The van der Waals surface area contributed by atoms with Gasteiger partial charge in [0, 0.05) is 17.1 Å². The molecule has 0 spiro atoms. The van der Waals surface area contributed by atoms with Gasteiger partial charge >= 0.3 is 0 Å². The first-order valence-corrected chi connectivity index (χ1v) is 9.89. The molecule has 4 rings (SSSR count). The quantitative estimate of drug-likeness (QED) is 0.558. The second-order valence-corrected chi connectivity index (χ2v) is 7.29. The summed E-state index contributed by atoms with van der Waals surface area (Å²) in [6, 6.07) is 12.7. The molecule has 146 valence electrons. The maximum Gasteiger partial charge on any atom is 0.284 e. The molecular weight excluding hydrogens is 410 g/mol. The van der Waals surface area contributed by atoms with Crippen molar-refractivity contribution in [1.82, 2.24) is 4.98 Å². The van der Waals surface area contributed by atoms with E-state index in [9.17, 15) is 4.79 Å². The Bertz CT molecular complexity index is 1130. The van der Waals surface area contributed by atoms with Crippen LogP contribution in [0.15, 0.2) is 64.7 Å². The lowest BCUT2D eigenvalue weighted by molar-refractivity contribution is -0.113. The van der Waals surface area contributed by atoms with Crippen molar-refractivity contribution in [2.45, 2.75) is 0 Å². The average Bonchev–Trinajstić information content (AvgIpc) is 3.36. The third kappa shape index (κ3) is 3.62. The highest BCUT2D eigenvalue weighted by Crippen LogP contribution is 2.33. The number of carbonyl (C=O) groups excluding carboxylic acids is 1. The van der Waals surface area contributed by atoms with Crippen LogP contribution in [0.1, 0.15) is 11.1 Å². The van der Waals surface area contributed by atoms with Crippen LogP contribution in [0.3, 0.4) is 0 Å². The molecule has 1 aliphatic heterocycles. The number of amidine groups is 1. The Morgan fingerprint density at radius 1 is 1.10 bits per heavy atom.